The molecule has 1 saturated heterocycles. The van der Waals surface area contributed by atoms with E-state index in [4.69, 9.17) is 25.3 Å². The number of amides is 4. The second-order valence-corrected chi connectivity index (χ2v) is 10.7. The van der Waals surface area contributed by atoms with E-state index < -0.39 is 98.9 Å². The molecule has 3 aromatic carbocycles. The lowest BCUT2D eigenvalue weighted by Crippen LogP contribution is -2.59. The van der Waals surface area contributed by atoms with Gasteiger partial charge >= 0.3 is 6.03 Å². The fourth-order valence-electron chi connectivity index (χ4n) is 4.97. The van der Waals surface area contributed by atoms with Crippen molar-refractivity contribution in [1.82, 2.24) is 20.9 Å². The molecule has 0 unspecified atom stereocenters. The van der Waals surface area contributed by atoms with Crippen LogP contribution in [0.5, 0.6) is 5.75 Å². The van der Waals surface area contributed by atoms with Crippen LogP contribution in [0.2, 0.25) is 0 Å². The van der Waals surface area contributed by atoms with Crippen molar-refractivity contribution in [3.8, 4) is 5.75 Å². The number of benzene rings is 3. The molecule has 9 heteroatoms. The molecule has 0 spiro atoms. The predicted molar refractivity (Wildman–Crippen MR) is 180 cm³/mol. The van der Waals surface area contributed by atoms with Gasteiger partial charge in [0.05, 0.1) is 16.3 Å². The summed E-state index contributed by atoms with van der Waals surface area (Å²) in [6.45, 7) is -16.0. The fourth-order valence-corrected chi connectivity index (χ4v) is 4.97. The smallest absolute Gasteiger partial charge is 0.318 e. The van der Waals surface area contributed by atoms with Crippen molar-refractivity contribution in [1.29, 1.82) is 0 Å². The maximum absolute atomic E-state index is 14.8. The van der Waals surface area contributed by atoms with E-state index in [1.54, 1.807) is 92.7 Å². The maximum Gasteiger partial charge on any atom is 0.318 e. The summed E-state index contributed by atoms with van der Waals surface area (Å²) in [5, 5.41) is 18.0. The Morgan fingerprint density at radius 3 is 2.26 bits per heavy atom. The topological polar surface area (TPSA) is 120 Å². The first kappa shape index (κ1) is 18.7. The number of para-hydroxylation sites is 1. The van der Waals surface area contributed by atoms with Gasteiger partial charge in [-0.2, -0.15) is 0 Å². The summed E-state index contributed by atoms with van der Waals surface area (Å²) < 4.78 is 140. The first-order chi connectivity index (χ1) is 28.3. The lowest BCUT2D eigenvalue weighted by atomic mass is 9.92. The number of aliphatic hydroxyl groups is 1. The molecule has 0 saturated carbocycles. The molecule has 4 rings (SSSR count). The Hall–Kier alpha value is -4.37. The third-order valence-corrected chi connectivity index (χ3v) is 7.20. The highest BCUT2D eigenvalue weighted by Crippen LogP contribution is 2.22. The third kappa shape index (κ3) is 9.81. The average Bonchev–Trinajstić information content (AvgIpc) is 3.14. The maximum atomic E-state index is 14.8. The first-order valence-electron chi connectivity index (χ1n) is 22.5. The highest BCUT2D eigenvalue weighted by molar-refractivity contribution is 5.87. The Morgan fingerprint density at radius 2 is 1.63 bits per heavy atom. The molecule has 0 aromatic heterocycles. The Bertz CT molecular complexity index is 2060. The van der Waals surface area contributed by atoms with Crippen LogP contribution in [0, 0.1) is 19.7 Å². The molecule has 0 radical (unpaired) electrons. The van der Waals surface area contributed by atoms with Crippen molar-refractivity contribution in [3.05, 3.63) is 101 Å². The number of carbonyl (C=O) groups excluding carboxylic acids is 3. The standard InChI is InChI=1S/C37H48N4O5/c1-25(2)34(41-20-12-19-38-37(41)45)36(44)39-30(21-28-15-7-5-8-16-28)23-32(42)31(22-29-17-9-6-10-18-29)40-33(43)24-46-35-26(3)13-11-14-27(35)4/h5-11,13-18,25,30-32,34,42H,12,19-24H2,1-4H3,(H,38,45)(H,39,44)(H,40,43)/t30-,31-,32-,34-/m0/s1/i1D3,2D3,12D2,19D2,20D2,24D2,25D,34D. The van der Waals surface area contributed by atoms with Crippen LogP contribution in [-0.2, 0) is 22.4 Å². The highest BCUT2D eigenvalue weighted by Gasteiger charge is 2.35. The second-order valence-electron chi connectivity index (χ2n) is 10.7. The molecule has 1 fully saturated rings. The van der Waals surface area contributed by atoms with Crippen LogP contribution < -0.4 is 20.7 Å². The number of carbonyl (C=O) groups is 3. The van der Waals surface area contributed by atoms with Crippen LogP contribution in [0.1, 0.15) is 70.7 Å². The molecule has 46 heavy (non-hydrogen) atoms. The summed E-state index contributed by atoms with van der Waals surface area (Å²) in [5.74, 6) is -7.85. The van der Waals surface area contributed by atoms with Gasteiger partial charge in [-0.05, 0) is 67.6 Å². The van der Waals surface area contributed by atoms with Gasteiger partial charge in [0.1, 0.15) is 11.8 Å². The minimum atomic E-state index is -4.48. The van der Waals surface area contributed by atoms with Crippen molar-refractivity contribution >= 4 is 17.8 Å². The number of nitrogens with zero attached hydrogens (tertiary/aromatic N) is 1. The number of hydrogen-bond acceptors (Lipinski definition) is 5. The number of nitrogens with one attached hydrogen (secondary N) is 3. The molecule has 0 aliphatic carbocycles. The quantitative estimate of drug-likeness (QED) is 0.196. The van der Waals surface area contributed by atoms with Crippen molar-refractivity contribution in [2.75, 3.05) is 19.6 Å². The van der Waals surface area contributed by atoms with Gasteiger partial charge in [0.2, 0.25) is 5.91 Å². The zero-order valence-electron chi connectivity index (χ0n) is 41.4. The number of rotatable bonds is 15. The van der Waals surface area contributed by atoms with E-state index >= 15 is 0 Å². The Balaban J connectivity index is 1.84. The van der Waals surface area contributed by atoms with E-state index in [9.17, 15) is 20.9 Å². The van der Waals surface area contributed by atoms with Crippen molar-refractivity contribution in [2.24, 2.45) is 5.89 Å². The van der Waals surface area contributed by atoms with E-state index in [0.717, 1.165) is 0 Å². The van der Waals surface area contributed by atoms with Crippen LogP contribution in [0.25, 0.3) is 0 Å². The zero-order valence-corrected chi connectivity index (χ0v) is 25.4. The minimum absolute atomic E-state index is 0.0906. The average molecular weight is 645 g/mol. The molecule has 9 nitrogen and oxygen atoms in total. The van der Waals surface area contributed by atoms with Gasteiger partial charge in [-0.3, -0.25) is 9.59 Å². The summed E-state index contributed by atoms with van der Waals surface area (Å²) in [4.78, 5) is 41.3. The number of aryl methyl sites for hydroxylation is 2. The van der Waals surface area contributed by atoms with E-state index in [1.807, 2.05) is 0 Å². The van der Waals surface area contributed by atoms with Crippen molar-refractivity contribution in [3.63, 3.8) is 0 Å². The largest absolute Gasteiger partial charge is 0.483 e. The number of ether oxygens (including phenoxy) is 1. The summed E-state index contributed by atoms with van der Waals surface area (Å²) in [6, 6.07) is 11.6. The van der Waals surface area contributed by atoms with Gasteiger partial charge < -0.3 is 30.7 Å². The van der Waals surface area contributed by atoms with E-state index in [2.05, 4.69) is 10.6 Å². The van der Waals surface area contributed by atoms with Gasteiger partial charge in [0, 0.05) is 36.9 Å². The molecule has 1 heterocycles. The van der Waals surface area contributed by atoms with Gasteiger partial charge in [-0.25, -0.2) is 4.79 Å². The van der Waals surface area contributed by atoms with Crippen LogP contribution in [0.4, 0.5) is 4.79 Å². The Morgan fingerprint density at radius 1 is 1.00 bits per heavy atom. The van der Waals surface area contributed by atoms with Gasteiger partial charge in [0.15, 0.2) is 6.56 Å². The van der Waals surface area contributed by atoms with E-state index in [0.29, 0.717) is 22.3 Å². The first-order valence-corrected chi connectivity index (χ1v) is 14.5. The molecular formula is C37H48N4O5. The van der Waals surface area contributed by atoms with Gasteiger partial charge in [0.25, 0.3) is 5.91 Å². The molecular weight excluding hydrogens is 580 g/mol. The van der Waals surface area contributed by atoms with Crippen molar-refractivity contribution < 1.29 is 46.2 Å². The molecule has 1 aliphatic rings. The van der Waals surface area contributed by atoms with E-state index in [-0.39, 0.29) is 18.6 Å². The summed E-state index contributed by atoms with van der Waals surface area (Å²) >= 11 is 0. The molecule has 4 amide bonds. The fraction of sp³-hybridized carbons (Fsp3) is 0.432. The second kappa shape index (κ2) is 16.8. The van der Waals surface area contributed by atoms with Gasteiger partial charge in [-0.15, -0.1) is 0 Å². The summed E-state index contributed by atoms with van der Waals surface area (Å²) in [5.41, 5.74) is 1.97. The summed E-state index contributed by atoms with van der Waals surface area (Å²) in [6.07, 6.45) is -6.86. The Labute approximate surface area is 295 Å². The minimum Gasteiger partial charge on any atom is -0.483 e. The number of hydrogen-bond donors (Lipinski definition) is 4. The zero-order chi connectivity index (χ0) is 47.1. The monoisotopic (exact) mass is 644 g/mol. The lowest BCUT2D eigenvalue weighted by molar-refractivity contribution is -0.128. The van der Waals surface area contributed by atoms with Crippen LogP contribution >= 0.6 is 0 Å². The third-order valence-electron chi connectivity index (χ3n) is 7.20. The predicted octanol–water partition coefficient (Wildman–Crippen LogP) is 4.33. The van der Waals surface area contributed by atoms with Crippen LogP contribution in [-0.4, -0.2) is 71.6 Å². The van der Waals surface area contributed by atoms with Crippen molar-refractivity contribution in [2.45, 2.75) is 77.4 Å². The van der Waals surface area contributed by atoms with Crippen LogP contribution in [0.15, 0.2) is 78.9 Å². The number of aliphatic hydroxyl groups excluding tert-OH is 1. The van der Waals surface area contributed by atoms with E-state index in [1.165, 1.54) is 5.32 Å². The molecule has 3 aromatic rings. The van der Waals surface area contributed by atoms with Crippen LogP contribution in [0.3, 0.4) is 0 Å². The van der Waals surface area contributed by atoms with Gasteiger partial charge in [-0.1, -0.05) is 92.6 Å². The molecule has 0 bridgehead atoms. The molecule has 246 valence electrons. The SMILES string of the molecule is [2H]C([2H])(Oc1c(C)cccc1C)C(=O)N[C@@H](Cc1ccccc1)[C@@H](O)C[C@H](Cc1ccccc1)NC(=O)[C@@]([2H])(N1C(=O)NC([2H])([2H])C([2H])([2H])C1([2H])[2H])C([2H])(C([2H])([2H])[2H])C([2H])([2H])[2H]. The molecule has 4 atom stereocenters. The summed E-state index contributed by atoms with van der Waals surface area (Å²) in [7, 11) is 0. The molecule has 4 N–H and O–H groups in total. The number of urea groups is 1. The normalized spacial score (nSPS) is 26.0. The Kier molecular flexibility index (Phi) is 6.83. The lowest BCUT2D eigenvalue weighted by Gasteiger charge is -2.37. The molecule has 1 aliphatic heterocycles. The highest BCUT2D eigenvalue weighted by atomic mass is 16.5.